The number of carbonyl (C=O) groups is 2. The Kier molecular flexibility index (Phi) is 7.88. The van der Waals surface area contributed by atoms with E-state index in [2.05, 4.69) is 15.4 Å². The Hall–Kier alpha value is -2.76. The molecule has 2 fully saturated rings. The zero-order valence-electron chi connectivity index (χ0n) is 18.5. The highest BCUT2D eigenvalue weighted by Crippen LogP contribution is 2.33. The number of hydrogen-bond acceptors (Lipinski definition) is 4. The third kappa shape index (κ3) is 6.86. The predicted molar refractivity (Wildman–Crippen MR) is 110 cm³/mol. The van der Waals surface area contributed by atoms with Crippen LogP contribution in [-0.4, -0.2) is 74.2 Å². The van der Waals surface area contributed by atoms with Crippen LogP contribution in [0.3, 0.4) is 0 Å². The summed E-state index contributed by atoms with van der Waals surface area (Å²) in [7, 11) is 3.13. The van der Waals surface area contributed by atoms with Gasteiger partial charge in [0.05, 0.1) is 12.6 Å². The number of methoxy groups -OCH3 is 1. The highest BCUT2D eigenvalue weighted by atomic mass is 19.4. The van der Waals surface area contributed by atoms with Crippen molar-refractivity contribution in [3.8, 4) is 5.75 Å². The van der Waals surface area contributed by atoms with Crippen molar-refractivity contribution in [3.05, 3.63) is 29.6 Å². The number of nitrogens with zero attached hydrogens (tertiary/aromatic N) is 2. The van der Waals surface area contributed by atoms with E-state index in [4.69, 9.17) is 4.74 Å². The van der Waals surface area contributed by atoms with Crippen LogP contribution in [0.4, 0.5) is 27.2 Å². The Labute approximate surface area is 189 Å². The number of ether oxygens (including phenoxy) is 2. The van der Waals surface area contributed by atoms with Gasteiger partial charge in [-0.1, -0.05) is 6.07 Å². The van der Waals surface area contributed by atoms with E-state index < -0.39 is 24.0 Å². The van der Waals surface area contributed by atoms with Crippen LogP contribution in [0, 0.1) is 11.7 Å². The second kappa shape index (κ2) is 10.4. The van der Waals surface area contributed by atoms with E-state index in [-0.39, 0.29) is 36.1 Å². The van der Waals surface area contributed by atoms with Crippen molar-refractivity contribution in [2.24, 2.45) is 5.92 Å². The number of hydrogen-bond donors (Lipinski definition) is 2. The molecule has 0 radical (unpaired) electrons. The van der Waals surface area contributed by atoms with Gasteiger partial charge < -0.3 is 29.9 Å². The fraction of sp³-hybridized carbons (Fsp3) is 0.619. The molecule has 1 saturated heterocycles. The van der Waals surface area contributed by atoms with Crippen molar-refractivity contribution in [3.63, 3.8) is 0 Å². The molecule has 0 spiro atoms. The number of benzene rings is 1. The summed E-state index contributed by atoms with van der Waals surface area (Å²) in [5, 5.41) is 5.27. The molecule has 0 bridgehead atoms. The number of piperidine rings is 1. The lowest BCUT2D eigenvalue weighted by Gasteiger charge is -2.42. The van der Waals surface area contributed by atoms with Crippen LogP contribution in [0.1, 0.15) is 24.8 Å². The van der Waals surface area contributed by atoms with Crippen molar-refractivity contribution in [1.29, 1.82) is 0 Å². The predicted octanol–water partition coefficient (Wildman–Crippen LogP) is 3.07. The number of rotatable bonds is 7. The van der Waals surface area contributed by atoms with Crippen LogP contribution >= 0.6 is 0 Å². The summed E-state index contributed by atoms with van der Waals surface area (Å²) >= 11 is 0. The Morgan fingerprint density at radius 3 is 2.52 bits per heavy atom. The van der Waals surface area contributed by atoms with Crippen molar-refractivity contribution in [2.45, 2.75) is 44.3 Å². The van der Waals surface area contributed by atoms with Gasteiger partial charge in [-0.05, 0) is 25.3 Å². The first kappa shape index (κ1) is 24.9. The average Bonchev–Trinajstić information content (AvgIpc) is 3.56. The summed E-state index contributed by atoms with van der Waals surface area (Å²) in [6.07, 6.45) is -2.60. The van der Waals surface area contributed by atoms with Crippen LogP contribution in [0.2, 0.25) is 0 Å². The topological polar surface area (TPSA) is 83.1 Å². The Morgan fingerprint density at radius 2 is 1.94 bits per heavy atom. The van der Waals surface area contributed by atoms with Gasteiger partial charge >= 0.3 is 18.4 Å². The van der Waals surface area contributed by atoms with E-state index in [1.54, 1.807) is 24.0 Å². The third-order valence-corrected chi connectivity index (χ3v) is 5.67. The van der Waals surface area contributed by atoms with E-state index in [1.807, 2.05) is 0 Å². The first-order valence-corrected chi connectivity index (χ1v) is 10.7. The molecule has 12 heteroatoms. The molecule has 2 atom stereocenters. The molecule has 3 rings (SSSR count). The molecule has 2 aliphatic rings. The summed E-state index contributed by atoms with van der Waals surface area (Å²) in [4.78, 5) is 28.6. The SMILES string of the molecule is CNC(=O)N1C[C@@H](COC)C[C@@H](N(C(=O)NCc2ccc(OC(F)(F)F)cc2F)C2CC2)C1. The minimum Gasteiger partial charge on any atom is -0.406 e. The number of amides is 4. The van der Waals surface area contributed by atoms with Gasteiger partial charge in [-0.3, -0.25) is 0 Å². The van der Waals surface area contributed by atoms with Gasteiger partial charge in [0.1, 0.15) is 11.6 Å². The van der Waals surface area contributed by atoms with Gasteiger partial charge in [0.2, 0.25) is 0 Å². The number of carbonyl (C=O) groups excluding carboxylic acids is 2. The maximum Gasteiger partial charge on any atom is 0.573 e. The molecule has 1 saturated carbocycles. The number of urea groups is 2. The zero-order chi connectivity index (χ0) is 24.2. The number of halogens is 4. The van der Waals surface area contributed by atoms with Gasteiger partial charge in [-0.15, -0.1) is 13.2 Å². The van der Waals surface area contributed by atoms with Crippen molar-refractivity contribution in [2.75, 3.05) is 33.9 Å². The first-order chi connectivity index (χ1) is 15.6. The molecule has 1 aromatic carbocycles. The number of likely N-dealkylation sites (tertiary alicyclic amines) is 1. The van der Waals surface area contributed by atoms with Gasteiger partial charge in [0.15, 0.2) is 0 Å². The van der Waals surface area contributed by atoms with Crippen molar-refractivity contribution < 1.29 is 36.6 Å². The van der Waals surface area contributed by atoms with Crippen LogP contribution < -0.4 is 15.4 Å². The summed E-state index contributed by atoms with van der Waals surface area (Å²) in [5.41, 5.74) is 0.0292. The third-order valence-electron chi connectivity index (χ3n) is 5.67. The molecular weight excluding hydrogens is 448 g/mol. The van der Waals surface area contributed by atoms with Crippen LogP contribution in [0.25, 0.3) is 0 Å². The molecule has 1 aromatic rings. The number of alkyl halides is 3. The molecule has 33 heavy (non-hydrogen) atoms. The second-order valence-corrected chi connectivity index (χ2v) is 8.27. The van der Waals surface area contributed by atoms with Crippen molar-refractivity contribution in [1.82, 2.24) is 20.4 Å². The van der Waals surface area contributed by atoms with Gasteiger partial charge in [0, 0.05) is 57.4 Å². The van der Waals surface area contributed by atoms with Gasteiger partial charge in [-0.2, -0.15) is 0 Å². The largest absolute Gasteiger partial charge is 0.573 e. The average molecular weight is 476 g/mol. The maximum atomic E-state index is 14.2. The van der Waals surface area contributed by atoms with Crippen molar-refractivity contribution >= 4 is 12.1 Å². The quantitative estimate of drug-likeness (QED) is 0.593. The molecule has 1 aliphatic carbocycles. The molecule has 0 aromatic heterocycles. The molecule has 4 amide bonds. The summed E-state index contributed by atoms with van der Waals surface area (Å²) < 4.78 is 60.1. The van der Waals surface area contributed by atoms with E-state index in [0.717, 1.165) is 25.0 Å². The fourth-order valence-corrected chi connectivity index (χ4v) is 4.17. The van der Waals surface area contributed by atoms with Gasteiger partial charge in [0.25, 0.3) is 0 Å². The summed E-state index contributed by atoms with van der Waals surface area (Å²) in [5.74, 6) is -1.53. The zero-order valence-corrected chi connectivity index (χ0v) is 18.5. The minimum atomic E-state index is -4.92. The summed E-state index contributed by atoms with van der Waals surface area (Å²) in [6, 6.07) is 1.90. The summed E-state index contributed by atoms with van der Waals surface area (Å²) in [6.45, 7) is 1.12. The van der Waals surface area contributed by atoms with E-state index in [9.17, 15) is 27.2 Å². The monoisotopic (exact) mass is 476 g/mol. The normalized spacial score (nSPS) is 20.8. The Balaban J connectivity index is 1.67. The highest BCUT2D eigenvalue weighted by Gasteiger charge is 2.42. The Bertz CT molecular complexity index is 850. The molecular formula is C21H28F4N4O4. The molecule has 184 valence electrons. The Morgan fingerprint density at radius 1 is 1.21 bits per heavy atom. The lowest BCUT2D eigenvalue weighted by molar-refractivity contribution is -0.274. The highest BCUT2D eigenvalue weighted by molar-refractivity contribution is 5.76. The van der Waals surface area contributed by atoms with Crippen LogP contribution in [0.5, 0.6) is 5.75 Å². The maximum absolute atomic E-state index is 14.2. The lowest BCUT2D eigenvalue weighted by Crippen LogP contribution is -2.58. The van der Waals surface area contributed by atoms with Gasteiger partial charge in [-0.25, -0.2) is 14.0 Å². The molecule has 1 aliphatic heterocycles. The second-order valence-electron chi connectivity index (χ2n) is 8.27. The smallest absolute Gasteiger partial charge is 0.406 e. The van der Waals surface area contributed by atoms with E-state index >= 15 is 0 Å². The number of nitrogens with one attached hydrogen (secondary N) is 2. The first-order valence-electron chi connectivity index (χ1n) is 10.7. The molecule has 8 nitrogen and oxygen atoms in total. The molecule has 0 unspecified atom stereocenters. The molecule has 1 heterocycles. The fourth-order valence-electron chi connectivity index (χ4n) is 4.17. The van der Waals surface area contributed by atoms with E-state index in [0.29, 0.717) is 32.2 Å². The van der Waals surface area contributed by atoms with E-state index in [1.165, 1.54) is 0 Å². The molecule has 2 N–H and O–H groups in total. The standard InChI is InChI=1S/C21H28F4N4O4/c1-26-19(30)28-10-13(12-32-2)7-16(11-28)29(15-4-5-15)20(31)27-9-14-3-6-17(8-18(14)22)33-21(23,24)25/h3,6,8,13,15-16H,4-5,7,9-12H2,1-2H3,(H,26,30)(H,27,31)/t13-,16+/m0/s1. The lowest BCUT2D eigenvalue weighted by atomic mass is 9.94. The minimum absolute atomic E-state index is 0.0234. The van der Waals surface area contributed by atoms with Crippen LogP contribution in [0.15, 0.2) is 18.2 Å². The van der Waals surface area contributed by atoms with Crippen LogP contribution in [-0.2, 0) is 11.3 Å².